The second-order valence-electron chi connectivity index (χ2n) is 8.37. The Balaban J connectivity index is 1.29. The van der Waals surface area contributed by atoms with E-state index in [2.05, 4.69) is 4.98 Å². The highest BCUT2D eigenvalue weighted by Gasteiger charge is 2.47. The largest absolute Gasteiger partial charge is 0.489 e. The first-order chi connectivity index (χ1) is 14.7. The Labute approximate surface area is 176 Å². The molecular weight excluding hydrogens is 376 g/mol. The number of benzene rings is 2. The quantitative estimate of drug-likeness (QED) is 0.619. The van der Waals surface area contributed by atoms with Gasteiger partial charge in [0.1, 0.15) is 12.4 Å². The van der Waals surface area contributed by atoms with Crippen molar-refractivity contribution < 1.29 is 14.3 Å². The van der Waals surface area contributed by atoms with E-state index in [0.717, 1.165) is 53.5 Å². The zero-order valence-corrected chi connectivity index (χ0v) is 17.0. The van der Waals surface area contributed by atoms with Crippen LogP contribution in [0, 0.1) is 11.8 Å². The Morgan fingerprint density at radius 1 is 0.967 bits per heavy atom. The predicted octanol–water partition coefficient (Wildman–Crippen LogP) is 4.46. The monoisotopic (exact) mass is 402 g/mol. The molecule has 0 radical (unpaired) electrons. The van der Waals surface area contributed by atoms with Crippen molar-refractivity contribution in [2.45, 2.75) is 38.7 Å². The average Bonchev–Trinajstić information content (AvgIpc) is 3.30. The van der Waals surface area contributed by atoms with E-state index in [9.17, 15) is 9.59 Å². The second kappa shape index (κ2) is 7.98. The molecule has 1 aliphatic carbocycles. The maximum atomic E-state index is 12.7. The summed E-state index contributed by atoms with van der Waals surface area (Å²) in [6.07, 6.45) is 6.47. The third-order valence-electron chi connectivity index (χ3n) is 6.52. The molecule has 2 heterocycles. The molecular formula is C25H26N2O3. The van der Waals surface area contributed by atoms with E-state index in [1.165, 1.54) is 4.90 Å². The Hall–Kier alpha value is -3.08. The van der Waals surface area contributed by atoms with Crippen LogP contribution in [0.2, 0.25) is 0 Å². The minimum absolute atomic E-state index is 0.0384. The maximum absolute atomic E-state index is 12.7. The van der Waals surface area contributed by atoms with Crippen LogP contribution in [0.3, 0.4) is 0 Å². The van der Waals surface area contributed by atoms with Crippen molar-refractivity contribution in [3.8, 4) is 5.75 Å². The van der Waals surface area contributed by atoms with Crippen LogP contribution < -0.4 is 4.74 Å². The van der Waals surface area contributed by atoms with Crippen molar-refractivity contribution >= 4 is 22.7 Å². The van der Waals surface area contributed by atoms with Crippen LogP contribution in [-0.2, 0) is 22.6 Å². The number of hydrogen-bond donors (Lipinski definition) is 1. The van der Waals surface area contributed by atoms with Gasteiger partial charge in [0.2, 0.25) is 11.8 Å². The fourth-order valence-electron chi connectivity index (χ4n) is 4.88. The van der Waals surface area contributed by atoms with Gasteiger partial charge in [-0.15, -0.1) is 0 Å². The van der Waals surface area contributed by atoms with Crippen LogP contribution in [-0.4, -0.2) is 28.2 Å². The molecule has 2 unspecified atom stereocenters. The SMILES string of the molecule is O=C1C2CCCCC2C(=O)N1CCc1c[nH]c2ccc(OCc3ccccc3)cc12. The Bertz CT molecular complexity index is 1050. The first kappa shape index (κ1) is 18.9. The number of rotatable bonds is 6. The zero-order chi connectivity index (χ0) is 20.5. The molecule has 2 fully saturated rings. The van der Waals surface area contributed by atoms with Crippen molar-refractivity contribution in [2.24, 2.45) is 11.8 Å². The molecule has 1 aliphatic heterocycles. The van der Waals surface area contributed by atoms with E-state index in [4.69, 9.17) is 4.74 Å². The van der Waals surface area contributed by atoms with Gasteiger partial charge in [0, 0.05) is 23.6 Å². The molecule has 1 saturated heterocycles. The number of nitrogens with zero attached hydrogens (tertiary/aromatic N) is 1. The van der Waals surface area contributed by atoms with Gasteiger partial charge in [-0.05, 0) is 48.6 Å². The van der Waals surface area contributed by atoms with Crippen LogP contribution in [0.25, 0.3) is 10.9 Å². The van der Waals surface area contributed by atoms with Gasteiger partial charge in [0.05, 0.1) is 11.8 Å². The van der Waals surface area contributed by atoms with E-state index in [-0.39, 0.29) is 23.7 Å². The molecule has 30 heavy (non-hydrogen) atoms. The van der Waals surface area contributed by atoms with Gasteiger partial charge in [0.15, 0.2) is 0 Å². The van der Waals surface area contributed by atoms with Crippen molar-refractivity contribution in [1.29, 1.82) is 0 Å². The highest BCUT2D eigenvalue weighted by molar-refractivity contribution is 6.05. The lowest BCUT2D eigenvalue weighted by Gasteiger charge is -2.19. The number of hydrogen-bond acceptors (Lipinski definition) is 3. The molecule has 2 aromatic carbocycles. The van der Waals surface area contributed by atoms with Crippen LogP contribution in [0.15, 0.2) is 54.7 Å². The predicted molar refractivity (Wildman–Crippen MR) is 115 cm³/mol. The molecule has 5 nitrogen and oxygen atoms in total. The molecule has 0 bridgehead atoms. The van der Waals surface area contributed by atoms with Gasteiger partial charge in [-0.2, -0.15) is 0 Å². The Kier molecular flexibility index (Phi) is 5.03. The van der Waals surface area contributed by atoms with Crippen LogP contribution in [0.1, 0.15) is 36.8 Å². The third-order valence-corrected chi connectivity index (χ3v) is 6.52. The first-order valence-corrected chi connectivity index (χ1v) is 10.8. The van der Waals surface area contributed by atoms with Gasteiger partial charge < -0.3 is 9.72 Å². The number of likely N-dealkylation sites (tertiary alicyclic amines) is 1. The van der Waals surface area contributed by atoms with E-state index in [0.29, 0.717) is 19.6 Å². The van der Waals surface area contributed by atoms with Crippen molar-refractivity contribution in [3.63, 3.8) is 0 Å². The lowest BCUT2D eigenvalue weighted by molar-refractivity contribution is -0.139. The number of carbonyl (C=O) groups excluding carboxylic acids is 2. The van der Waals surface area contributed by atoms with Crippen molar-refractivity contribution in [2.75, 3.05) is 6.54 Å². The zero-order valence-electron chi connectivity index (χ0n) is 17.0. The van der Waals surface area contributed by atoms with Crippen LogP contribution in [0.4, 0.5) is 0 Å². The summed E-state index contributed by atoms with van der Waals surface area (Å²) in [5, 5.41) is 1.08. The smallest absolute Gasteiger partial charge is 0.233 e. The summed E-state index contributed by atoms with van der Waals surface area (Å²) in [6, 6.07) is 16.1. The number of imide groups is 1. The molecule has 1 N–H and O–H groups in total. The molecule has 3 aromatic rings. The van der Waals surface area contributed by atoms with Crippen LogP contribution in [0.5, 0.6) is 5.75 Å². The lowest BCUT2D eigenvalue weighted by Crippen LogP contribution is -2.33. The van der Waals surface area contributed by atoms with Crippen LogP contribution >= 0.6 is 0 Å². The fourth-order valence-corrected chi connectivity index (χ4v) is 4.88. The van der Waals surface area contributed by atoms with E-state index in [1.54, 1.807) is 0 Å². The van der Waals surface area contributed by atoms with Crippen molar-refractivity contribution in [3.05, 3.63) is 65.9 Å². The third kappa shape index (κ3) is 3.49. The van der Waals surface area contributed by atoms with Gasteiger partial charge >= 0.3 is 0 Å². The van der Waals surface area contributed by atoms with Gasteiger partial charge in [-0.3, -0.25) is 14.5 Å². The molecule has 154 valence electrons. The molecule has 2 atom stereocenters. The highest BCUT2D eigenvalue weighted by Crippen LogP contribution is 2.38. The normalized spacial score (nSPS) is 21.3. The minimum Gasteiger partial charge on any atom is -0.489 e. The maximum Gasteiger partial charge on any atom is 0.233 e. The Morgan fingerprint density at radius 3 is 2.43 bits per heavy atom. The number of nitrogens with one attached hydrogen (secondary N) is 1. The van der Waals surface area contributed by atoms with Gasteiger partial charge in [-0.25, -0.2) is 0 Å². The summed E-state index contributed by atoms with van der Waals surface area (Å²) >= 11 is 0. The van der Waals surface area contributed by atoms with Gasteiger partial charge in [-0.1, -0.05) is 43.2 Å². The molecule has 5 heteroatoms. The number of carbonyl (C=O) groups is 2. The second-order valence-corrected chi connectivity index (χ2v) is 8.37. The number of aromatic nitrogens is 1. The average molecular weight is 402 g/mol. The first-order valence-electron chi connectivity index (χ1n) is 10.8. The molecule has 2 aliphatic rings. The molecule has 1 saturated carbocycles. The summed E-state index contributed by atoms with van der Waals surface area (Å²) in [5.74, 6) is 0.735. The number of ether oxygens (including phenoxy) is 1. The summed E-state index contributed by atoms with van der Waals surface area (Å²) in [4.78, 5) is 30.3. The van der Waals surface area contributed by atoms with E-state index >= 15 is 0 Å². The molecule has 1 aromatic heterocycles. The summed E-state index contributed by atoms with van der Waals surface area (Å²) in [6.45, 7) is 0.971. The fraction of sp³-hybridized carbons (Fsp3) is 0.360. The van der Waals surface area contributed by atoms with E-state index in [1.807, 2.05) is 54.7 Å². The summed E-state index contributed by atoms with van der Waals surface area (Å²) < 4.78 is 5.97. The topological polar surface area (TPSA) is 62.4 Å². The van der Waals surface area contributed by atoms with E-state index < -0.39 is 0 Å². The number of amides is 2. The standard InChI is InChI=1S/C25H26N2O3/c28-24-20-8-4-5-9-21(20)25(29)27(24)13-12-18-15-26-23-11-10-19(14-22(18)23)30-16-17-6-2-1-3-7-17/h1-3,6-7,10-11,14-15,20-21,26H,4-5,8-9,12-13,16H2. The molecule has 0 spiro atoms. The number of H-pyrrole nitrogens is 1. The number of aromatic amines is 1. The Morgan fingerprint density at radius 2 is 1.70 bits per heavy atom. The number of fused-ring (bicyclic) bond motifs is 2. The summed E-state index contributed by atoms with van der Waals surface area (Å²) in [7, 11) is 0. The molecule has 2 amide bonds. The lowest BCUT2D eigenvalue weighted by atomic mass is 9.81. The summed E-state index contributed by atoms with van der Waals surface area (Å²) in [5.41, 5.74) is 3.26. The highest BCUT2D eigenvalue weighted by atomic mass is 16.5. The molecule has 5 rings (SSSR count). The van der Waals surface area contributed by atoms with Gasteiger partial charge in [0.25, 0.3) is 0 Å². The van der Waals surface area contributed by atoms with Crippen molar-refractivity contribution in [1.82, 2.24) is 9.88 Å². The minimum atomic E-state index is -0.0767.